The molecule has 2 heterocycles. The minimum absolute atomic E-state index is 0.0244. The molecular formula is C17H28N6O. The van der Waals surface area contributed by atoms with Gasteiger partial charge >= 0.3 is 0 Å². The Morgan fingerprint density at radius 1 is 1.33 bits per heavy atom. The third-order valence-corrected chi connectivity index (χ3v) is 4.23. The van der Waals surface area contributed by atoms with Crippen molar-refractivity contribution in [1.82, 2.24) is 24.6 Å². The van der Waals surface area contributed by atoms with Crippen molar-refractivity contribution in [3.8, 4) is 0 Å². The van der Waals surface area contributed by atoms with Crippen molar-refractivity contribution in [2.45, 2.75) is 47.2 Å². The van der Waals surface area contributed by atoms with E-state index >= 15 is 0 Å². The number of amides is 1. The average Bonchev–Trinajstić information content (AvgIpc) is 3.05. The summed E-state index contributed by atoms with van der Waals surface area (Å²) in [4.78, 5) is 16.8. The Morgan fingerprint density at radius 3 is 2.54 bits per heavy atom. The molecule has 0 fully saturated rings. The van der Waals surface area contributed by atoms with Gasteiger partial charge in [-0.25, -0.2) is 4.98 Å². The lowest BCUT2D eigenvalue weighted by atomic mass is 10.0. The Kier molecular flexibility index (Phi) is 5.77. The molecule has 2 rings (SSSR count). The van der Waals surface area contributed by atoms with E-state index in [1.807, 2.05) is 43.3 Å². The molecule has 0 aromatic carbocycles. The summed E-state index contributed by atoms with van der Waals surface area (Å²) in [5, 5.41) is 10.7. The van der Waals surface area contributed by atoms with E-state index in [4.69, 9.17) is 0 Å². The first-order valence-electron chi connectivity index (χ1n) is 8.39. The van der Waals surface area contributed by atoms with Crippen molar-refractivity contribution < 1.29 is 4.79 Å². The number of rotatable bonds is 7. The Morgan fingerprint density at radius 2 is 2.04 bits per heavy atom. The van der Waals surface area contributed by atoms with Gasteiger partial charge in [-0.15, -0.1) is 0 Å². The van der Waals surface area contributed by atoms with Crippen LogP contribution in [0.1, 0.15) is 44.0 Å². The SMILES string of the molecule is CCn1nc(C)c(NC(=O)CN[C@H](c2nccn2C)C(C)C)c1C. The molecule has 7 nitrogen and oxygen atoms in total. The van der Waals surface area contributed by atoms with Crippen molar-refractivity contribution >= 4 is 11.6 Å². The molecule has 1 atom stereocenters. The minimum Gasteiger partial charge on any atom is -0.337 e. The van der Waals surface area contributed by atoms with E-state index in [9.17, 15) is 4.79 Å². The van der Waals surface area contributed by atoms with Gasteiger partial charge in [0.15, 0.2) is 0 Å². The summed E-state index contributed by atoms with van der Waals surface area (Å²) < 4.78 is 3.87. The van der Waals surface area contributed by atoms with Crippen LogP contribution < -0.4 is 10.6 Å². The molecule has 2 N–H and O–H groups in total. The Hall–Kier alpha value is -2.15. The molecule has 0 saturated heterocycles. The molecule has 0 saturated carbocycles. The van der Waals surface area contributed by atoms with E-state index in [1.165, 1.54) is 0 Å². The van der Waals surface area contributed by atoms with Crippen molar-refractivity contribution in [2.24, 2.45) is 13.0 Å². The maximum atomic E-state index is 12.4. The van der Waals surface area contributed by atoms with Crippen LogP contribution in [0.3, 0.4) is 0 Å². The van der Waals surface area contributed by atoms with Crippen LogP contribution in [-0.4, -0.2) is 31.8 Å². The zero-order valence-electron chi connectivity index (χ0n) is 15.4. The van der Waals surface area contributed by atoms with Gasteiger partial charge in [-0.3, -0.25) is 14.8 Å². The van der Waals surface area contributed by atoms with E-state index < -0.39 is 0 Å². The zero-order valence-corrected chi connectivity index (χ0v) is 15.4. The number of carbonyl (C=O) groups excluding carboxylic acids is 1. The number of nitrogens with zero attached hydrogens (tertiary/aromatic N) is 4. The first kappa shape index (κ1) is 18.2. The van der Waals surface area contributed by atoms with Crippen LogP contribution in [0.4, 0.5) is 5.69 Å². The number of anilines is 1. The summed E-state index contributed by atoms with van der Waals surface area (Å²) >= 11 is 0. The van der Waals surface area contributed by atoms with Gasteiger partial charge < -0.3 is 9.88 Å². The second-order valence-corrected chi connectivity index (χ2v) is 6.41. The van der Waals surface area contributed by atoms with Gasteiger partial charge in [0.25, 0.3) is 0 Å². The van der Waals surface area contributed by atoms with Gasteiger partial charge in [0.1, 0.15) is 5.82 Å². The van der Waals surface area contributed by atoms with Crippen LogP contribution in [-0.2, 0) is 18.4 Å². The van der Waals surface area contributed by atoms with Gasteiger partial charge in [-0.05, 0) is 26.7 Å². The number of hydrogen-bond donors (Lipinski definition) is 2. The lowest BCUT2D eigenvalue weighted by molar-refractivity contribution is -0.115. The van der Waals surface area contributed by atoms with Crippen LogP contribution in [0.2, 0.25) is 0 Å². The highest BCUT2D eigenvalue weighted by Crippen LogP contribution is 2.21. The standard InChI is InChI=1S/C17H28N6O/c1-7-23-13(5)16(12(4)21-23)20-14(24)10-19-15(11(2)3)17-18-8-9-22(17)6/h8-9,11,15,19H,7,10H2,1-6H3,(H,20,24)/t15-/m0/s1. The molecule has 0 bridgehead atoms. The lowest BCUT2D eigenvalue weighted by Gasteiger charge is -2.22. The topological polar surface area (TPSA) is 76.8 Å². The fourth-order valence-corrected chi connectivity index (χ4v) is 2.87. The molecule has 2 aromatic rings. The van der Waals surface area contributed by atoms with Crippen molar-refractivity contribution in [2.75, 3.05) is 11.9 Å². The predicted molar refractivity (Wildman–Crippen MR) is 94.8 cm³/mol. The molecule has 0 spiro atoms. The maximum Gasteiger partial charge on any atom is 0.238 e. The summed E-state index contributed by atoms with van der Waals surface area (Å²) in [7, 11) is 1.96. The summed E-state index contributed by atoms with van der Waals surface area (Å²) in [6.07, 6.45) is 3.69. The normalized spacial score (nSPS) is 12.6. The third kappa shape index (κ3) is 3.84. The number of hydrogen-bond acceptors (Lipinski definition) is 4. The maximum absolute atomic E-state index is 12.4. The molecule has 0 radical (unpaired) electrons. The van der Waals surface area contributed by atoms with Crippen LogP contribution in [0.25, 0.3) is 0 Å². The second-order valence-electron chi connectivity index (χ2n) is 6.41. The molecule has 132 valence electrons. The van der Waals surface area contributed by atoms with Crippen LogP contribution in [0.15, 0.2) is 12.4 Å². The van der Waals surface area contributed by atoms with Gasteiger partial charge in [0.2, 0.25) is 5.91 Å². The summed E-state index contributed by atoms with van der Waals surface area (Å²) in [5.74, 6) is 1.19. The van der Waals surface area contributed by atoms with Crippen molar-refractivity contribution in [3.63, 3.8) is 0 Å². The molecule has 0 aliphatic carbocycles. The Labute approximate surface area is 143 Å². The van der Waals surface area contributed by atoms with E-state index in [1.54, 1.807) is 6.20 Å². The molecule has 1 amide bonds. The summed E-state index contributed by atoms with van der Waals surface area (Å²) in [6, 6.07) is 0.0244. The number of imidazole rings is 1. The zero-order chi connectivity index (χ0) is 17.9. The van der Waals surface area contributed by atoms with Crippen molar-refractivity contribution in [1.29, 1.82) is 0 Å². The number of aromatic nitrogens is 4. The van der Waals surface area contributed by atoms with Gasteiger partial charge in [-0.2, -0.15) is 5.10 Å². The van der Waals surface area contributed by atoms with Gasteiger partial charge in [0, 0.05) is 26.0 Å². The number of aryl methyl sites for hydroxylation is 3. The lowest BCUT2D eigenvalue weighted by Crippen LogP contribution is -2.35. The highest BCUT2D eigenvalue weighted by Gasteiger charge is 2.21. The minimum atomic E-state index is -0.0725. The fraction of sp³-hybridized carbons (Fsp3) is 0.588. The summed E-state index contributed by atoms with van der Waals surface area (Å²) in [6.45, 7) is 11.2. The summed E-state index contributed by atoms with van der Waals surface area (Å²) in [5.41, 5.74) is 2.63. The molecule has 24 heavy (non-hydrogen) atoms. The Balaban J connectivity index is 2.02. The third-order valence-electron chi connectivity index (χ3n) is 4.23. The monoisotopic (exact) mass is 332 g/mol. The quantitative estimate of drug-likeness (QED) is 0.815. The van der Waals surface area contributed by atoms with E-state index in [0.29, 0.717) is 5.92 Å². The van der Waals surface area contributed by atoms with Crippen LogP contribution in [0.5, 0.6) is 0 Å². The molecular weight excluding hydrogens is 304 g/mol. The second kappa shape index (κ2) is 7.61. The molecule has 7 heteroatoms. The fourth-order valence-electron chi connectivity index (χ4n) is 2.87. The van der Waals surface area contributed by atoms with Crippen LogP contribution >= 0.6 is 0 Å². The molecule has 0 aliphatic rings. The van der Waals surface area contributed by atoms with Gasteiger partial charge in [0.05, 0.1) is 29.7 Å². The average molecular weight is 332 g/mol. The highest BCUT2D eigenvalue weighted by molar-refractivity contribution is 5.93. The highest BCUT2D eigenvalue weighted by atomic mass is 16.1. The largest absolute Gasteiger partial charge is 0.337 e. The molecule has 0 aliphatic heterocycles. The first-order chi connectivity index (χ1) is 11.3. The van der Waals surface area contributed by atoms with E-state index in [0.717, 1.165) is 29.4 Å². The van der Waals surface area contributed by atoms with Crippen LogP contribution in [0, 0.1) is 19.8 Å². The van der Waals surface area contributed by atoms with Crippen molar-refractivity contribution in [3.05, 3.63) is 29.6 Å². The Bertz CT molecular complexity index is 700. The smallest absolute Gasteiger partial charge is 0.238 e. The number of carbonyl (C=O) groups is 1. The van der Waals surface area contributed by atoms with E-state index in [2.05, 4.69) is 34.6 Å². The number of nitrogens with one attached hydrogen (secondary N) is 2. The molecule has 2 aromatic heterocycles. The van der Waals surface area contributed by atoms with Gasteiger partial charge in [-0.1, -0.05) is 13.8 Å². The molecule has 0 unspecified atom stereocenters. The first-order valence-corrected chi connectivity index (χ1v) is 8.39. The van der Waals surface area contributed by atoms with E-state index in [-0.39, 0.29) is 18.5 Å². The predicted octanol–water partition coefficient (Wildman–Crippen LogP) is 2.18.